The van der Waals surface area contributed by atoms with E-state index >= 15 is 0 Å². The SMILES string of the molecule is CN(Cc1ccccc1F)C(=O)COc1ccc(I)cc1. The Morgan fingerprint density at radius 1 is 1.19 bits per heavy atom. The van der Waals surface area contributed by atoms with Crippen LogP contribution in [0.3, 0.4) is 0 Å². The number of benzene rings is 2. The number of hydrogen-bond acceptors (Lipinski definition) is 2. The molecule has 2 aromatic carbocycles. The Morgan fingerprint density at radius 3 is 2.52 bits per heavy atom. The zero-order chi connectivity index (χ0) is 15.2. The van der Waals surface area contributed by atoms with Crippen molar-refractivity contribution in [3.63, 3.8) is 0 Å². The summed E-state index contributed by atoms with van der Waals surface area (Å²) >= 11 is 2.20. The molecule has 1 amide bonds. The number of amides is 1. The Labute approximate surface area is 136 Å². The molecule has 2 rings (SSSR count). The van der Waals surface area contributed by atoms with E-state index in [1.165, 1.54) is 11.0 Å². The zero-order valence-electron chi connectivity index (χ0n) is 11.6. The molecule has 0 aliphatic rings. The third kappa shape index (κ3) is 4.70. The second kappa shape index (κ2) is 7.40. The topological polar surface area (TPSA) is 29.5 Å². The van der Waals surface area contributed by atoms with Crippen LogP contribution in [-0.4, -0.2) is 24.5 Å². The minimum absolute atomic E-state index is 0.0639. The predicted molar refractivity (Wildman–Crippen MR) is 87.5 cm³/mol. The minimum atomic E-state index is -0.310. The molecule has 0 unspecified atom stereocenters. The Kier molecular flexibility index (Phi) is 5.55. The van der Waals surface area contributed by atoms with Gasteiger partial charge in [0.05, 0.1) is 0 Å². The van der Waals surface area contributed by atoms with Gasteiger partial charge in [-0.1, -0.05) is 18.2 Å². The third-order valence-electron chi connectivity index (χ3n) is 2.97. The lowest BCUT2D eigenvalue weighted by Crippen LogP contribution is -2.31. The van der Waals surface area contributed by atoms with Crippen LogP contribution in [0, 0.1) is 9.39 Å². The van der Waals surface area contributed by atoms with Crippen LogP contribution in [-0.2, 0) is 11.3 Å². The third-order valence-corrected chi connectivity index (χ3v) is 3.69. The molecule has 0 saturated carbocycles. The standard InChI is InChI=1S/C16H15FINO2/c1-19(10-12-4-2-3-5-15(12)17)16(20)11-21-14-8-6-13(18)7-9-14/h2-9H,10-11H2,1H3. The fourth-order valence-corrected chi connectivity index (χ4v) is 2.12. The summed E-state index contributed by atoms with van der Waals surface area (Å²) in [5.41, 5.74) is 0.489. The molecule has 0 spiro atoms. The van der Waals surface area contributed by atoms with Gasteiger partial charge < -0.3 is 9.64 Å². The molecule has 0 radical (unpaired) electrons. The number of halogens is 2. The van der Waals surface area contributed by atoms with Crippen molar-refractivity contribution >= 4 is 28.5 Å². The Bertz CT molecular complexity index is 616. The minimum Gasteiger partial charge on any atom is -0.484 e. The largest absolute Gasteiger partial charge is 0.484 e. The van der Waals surface area contributed by atoms with Crippen LogP contribution in [0.2, 0.25) is 0 Å². The molecule has 5 heteroatoms. The number of ether oxygens (including phenoxy) is 1. The number of carbonyl (C=O) groups excluding carboxylic acids is 1. The predicted octanol–water partition coefficient (Wildman–Crippen LogP) is 3.47. The molecule has 0 atom stereocenters. The van der Waals surface area contributed by atoms with E-state index in [-0.39, 0.29) is 24.9 Å². The normalized spacial score (nSPS) is 10.2. The van der Waals surface area contributed by atoms with Gasteiger partial charge in [0.1, 0.15) is 11.6 Å². The Balaban J connectivity index is 1.88. The van der Waals surface area contributed by atoms with Gasteiger partial charge in [-0.3, -0.25) is 4.79 Å². The zero-order valence-corrected chi connectivity index (χ0v) is 13.7. The van der Waals surface area contributed by atoms with Gasteiger partial charge in [-0.15, -0.1) is 0 Å². The summed E-state index contributed by atoms with van der Waals surface area (Å²) in [4.78, 5) is 13.4. The molecule has 21 heavy (non-hydrogen) atoms. The Morgan fingerprint density at radius 2 is 1.86 bits per heavy atom. The van der Waals surface area contributed by atoms with Crippen molar-refractivity contribution in [3.8, 4) is 5.75 Å². The van der Waals surface area contributed by atoms with Crippen LogP contribution in [0.5, 0.6) is 5.75 Å². The van der Waals surface area contributed by atoms with Gasteiger partial charge in [0.15, 0.2) is 6.61 Å². The highest BCUT2D eigenvalue weighted by molar-refractivity contribution is 14.1. The van der Waals surface area contributed by atoms with E-state index in [1.54, 1.807) is 25.2 Å². The number of hydrogen-bond donors (Lipinski definition) is 0. The summed E-state index contributed by atoms with van der Waals surface area (Å²) in [6, 6.07) is 13.9. The number of rotatable bonds is 5. The second-order valence-electron chi connectivity index (χ2n) is 4.58. The van der Waals surface area contributed by atoms with Crippen LogP contribution in [0.25, 0.3) is 0 Å². The molecule has 0 aliphatic carbocycles. The molecule has 0 fully saturated rings. The van der Waals surface area contributed by atoms with E-state index in [1.807, 2.05) is 24.3 Å². The summed E-state index contributed by atoms with van der Waals surface area (Å²) in [6.07, 6.45) is 0. The molecule has 0 bridgehead atoms. The van der Waals surface area contributed by atoms with Gasteiger partial charge in [0.2, 0.25) is 0 Å². The van der Waals surface area contributed by atoms with Gasteiger partial charge in [-0.05, 0) is 52.9 Å². The van der Waals surface area contributed by atoms with Gasteiger partial charge >= 0.3 is 0 Å². The van der Waals surface area contributed by atoms with Gasteiger partial charge in [0.25, 0.3) is 5.91 Å². The maximum atomic E-state index is 13.5. The summed E-state index contributed by atoms with van der Waals surface area (Å²) < 4.78 is 20.1. The molecule has 0 aliphatic heterocycles. The molecule has 2 aromatic rings. The number of likely N-dealkylation sites (N-methyl/N-ethyl adjacent to an activating group) is 1. The molecule has 110 valence electrons. The van der Waals surface area contributed by atoms with E-state index in [2.05, 4.69) is 22.6 Å². The molecule has 0 saturated heterocycles. The summed E-state index contributed by atoms with van der Waals surface area (Å²) in [7, 11) is 1.63. The van der Waals surface area contributed by atoms with Crippen molar-refractivity contribution < 1.29 is 13.9 Å². The number of carbonyl (C=O) groups is 1. The van der Waals surface area contributed by atoms with Crippen molar-refractivity contribution in [1.29, 1.82) is 0 Å². The van der Waals surface area contributed by atoms with Crippen molar-refractivity contribution in [2.45, 2.75) is 6.54 Å². The van der Waals surface area contributed by atoms with Crippen LogP contribution < -0.4 is 4.74 Å². The highest BCUT2D eigenvalue weighted by Gasteiger charge is 2.12. The van der Waals surface area contributed by atoms with Crippen molar-refractivity contribution in [3.05, 3.63) is 63.5 Å². The van der Waals surface area contributed by atoms with E-state index in [9.17, 15) is 9.18 Å². The van der Waals surface area contributed by atoms with Crippen molar-refractivity contribution in [1.82, 2.24) is 4.90 Å². The molecule has 3 nitrogen and oxygen atoms in total. The Hall–Kier alpha value is -1.63. The molecule has 0 N–H and O–H groups in total. The van der Waals surface area contributed by atoms with Crippen LogP contribution >= 0.6 is 22.6 Å². The van der Waals surface area contributed by atoms with Crippen LogP contribution in [0.4, 0.5) is 4.39 Å². The monoisotopic (exact) mass is 399 g/mol. The summed E-state index contributed by atoms with van der Waals surface area (Å²) in [5.74, 6) is 0.135. The van der Waals surface area contributed by atoms with Crippen molar-refractivity contribution in [2.24, 2.45) is 0 Å². The average Bonchev–Trinajstić information content (AvgIpc) is 2.48. The molecule has 0 aromatic heterocycles. The first kappa shape index (κ1) is 15.8. The summed E-state index contributed by atoms with van der Waals surface area (Å²) in [5, 5.41) is 0. The van der Waals surface area contributed by atoms with E-state index in [4.69, 9.17) is 4.74 Å². The first-order chi connectivity index (χ1) is 10.1. The number of nitrogens with zero attached hydrogens (tertiary/aromatic N) is 1. The van der Waals surface area contributed by atoms with Gasteiger partial charge in [-0.25, -0.2) is 4.39 Å². The fraction of sp³-hybridized carbons (Fsp3) is 0.188. The highest BCUT2D eigenvalue weighted by atomic mass is 127. The van der Waals surface area contributed by atoms with Crippen molar-refractivity contribution in [2.75, 3.05) is 13.7 Å². The van der Waals surface area contributed by atoms with E-state index < -0.39 is 0 Å². The molecular formula is C16H15FINO2. The summed E-state index contributed by atoms with van der Waals surface area (Å²) in [6.45, 7) is 0.160. The van der Waals surface area contributed by atoms with E-state index in [0.717, 1.165) is 3.57 Å². The smallest absolute Gasteiger partial charge is 0.260 e. The average molecular weight is 399 g/mol. The van der Waals surface area contributed by atoms with Crippen LogP contribution in [0.1, 0.15) is 5.56 Å². The highest BCUT2D eigenvalue weighted by Crippen LogP contribution is 2.14. The van der Waals surface area contributed by atoms with Gasteiger partial charge in [-0.2, -0.15) is 0 Å². The first-order valence-electron chi connectivity index (χ1n) is 6.42. The lowest BCUT2D eigenvalue weighted by atomic mass is 10.2. The maximum absolute atomic E-state index is 13.5. The lowest BCUT2D eigenvalue weighted by Gasteiger charge is -2.18. The fourth-order valence-electron chi connectivity index (χ4n) is 1.76. The molecule has 0 heterocycles. The van der Waals surface area contributed by atoms with Crippen LogP contribution in [0.15, 0.2) is 48.5 Å². The quantitative estimate of drug-likeness (QED) is 0.721. The van der Waals surface area contributed by atoms with E-state index in [0.29, 0.717) is 11.3 Å². The van der Waals surface area contributed by atoms with Gasteiger partial charge in [0, 0.05) is 22.7 Å². The second-order valence-corrected chi connectivity index (χ2v) is 5.83. The lowest BCUT2D eigenvalue weighted by molar-refractivity contribution is -0.132. The maximum Gasteiger partial charge on any atom is 0.260 e. The molecular weight excluding hydrogens is 384 g/mol. The first-order valence-corrected chi connectivity index (χ1v) is 7.50.